The lowest BCUT2D eigenvalue weighted by molar-refractivity contribution is 0.102. The van der Waals surface area contributed by atoms with Crippen LogP contribution in [0.2, 0.25) is 10.0 Å². The van der Waals surface area contributed by atoms with E-state index in [9.17, 15) is 4.79 Å². The Hall–Kier alpha value is -3.12. The Morgan fingerprint density at radius 2 is 1.66 bits per heavy atom. The lowest BCUT2D eigenvalue weighted by atomic mass is 10.1. The predicted octanol–water partition coefficient (Wildman–Crippen LogP) is 7.68. The van der Waals surface area contributed by atoms with Gasteiger partial charge in [0.05, 0.1) is 38.6 Å². The number of benzene rings is 4. The van der Waals surface area contributed by atoms with Gasteiger partial charge in [0.25, 0.3) is 5.91 Å². The molecule has 0 bridgehead atoms. The second kappa shape index (κ2) is 8.43. The Bertz CT molecular complexity index is 1460. The van der Waals surface area contributed by atoms with E-state index in [0.717, 1.165) is 26.0 Å². The van der Waals surface area contributed by atoms with Crippen molar-refractivity contribution in [1.82, 2.24) is 4.98 Å². The number of carbonyl (C=O) groups is 1. The van der Waals surface area contributed by atoms with E-state index in [4.69, 9.17) is 27.9 Å². The van der Waals surface area contributed by atoms with Gasteiger partial charge in [0.15, 0.2) is 0 Å². The molecule has 5 rings (SSSR count). The summed E-state index contributed by atoms with van der Waals surface area (Å²) in [6, 6.07) is 22.7. The number of thiazole rings is 1. The summed E-state index contributed by atoms with van der Waals surface area (Å²) in [5.41, 5.74) is 2.47. The smallest absolute Gasteiger partial charge is 0.259 e. The third-order valence-electron chi connectivity index (χ3n) is 5.14. The third-order valence-corrected chi connectivity index (χ3v) is 6.84. The van der Waals surface area contributed by atoms with Gasteiger partial charge in [-0.05, 0) is 47.2 Å². The Balaban J connectivity index is 1.54. The van der Waals surface area contributed by atoms with Crippen LogP contribution in [0.5, 0.6) is 5.75 Å². The molecule has 4 nitrogen and oxygen atoms in total. The van der Waals surface area contributed by atoms with Crippen molar-refractivity contribution in [2.45, 2.75) is 0 Å². The molecule has 1 aromatic heterocycles. The number of nitrogens with one attached hydrogen (secondary N) is 1. The van der Waals surface area contributed by atoms with Gasteiger partial charge in [-0.3, -0.25) is 4.79 Å². The van der Waals surface area contributed by atoms with Crippen LogP contribution in [0.25, 0.3) is 31.6 Å². The van der Waals surface area contributed by atoms with E-state index >= 15 is 0 Å². The number of hydrogen-bond donors (Lipinski definition) is 1. The molecule has 0 spiro atoms. The van der Waals surface area contributed by atoms with Crippen molar-refractivity contribution in [2.24, 2.45) is 0 Å². The minimum Gasteiger partial charge on any atom is -0.496 e. The minimum atomic E-state index is -0.327. The molecule has 4 aromatic carbocycles. The molecule has 0 aliphatic rings. The monoisotopic (exact) mass is 478 g/mol. The molecule has 0 aliphatic carbocycles. The zero-order valence-electron chi connectivity index (χ0n) is 16.9. The molecule has 158 valence electrons. The zero-order valence-corrected chi connectivity index (χ0v) is 19.2. The van der Waals surface area contributed by atoms with Gasteiger partial charge >= 0.3 is 0 Å². The maximum absolute atomic E-state index is 13.2. The van der Waals surface area contributed by atoms with Crippen LogP contribution in [0, 0.1) is 0 Å². The summed E-state index contributed by atoms with van der Waals surface area (Å²) in [6.07, 6.45) is 0. The molecule has 0 saturated carbocycles. The van der Waals surface area contributed by atoms with E-state index in [1.165, 1.54) is 11.3 Å². The summed E-state index contributed by atoms with van der Waals surface area (Å²) in [7, 11) is 1.54. The number of nitrogens with zero attached hydrogens (tertiary/aromatic N) is 1. The molecule has 1 N–H and O–H groups in total. The minimum absolute atomic E-state index is 0.327. The van der Waals surface area contributed by atoms with Crippen LogP contribution in [0.1, 0.15) is 10.4 Å². The number of halogens is 2. The first-order valence-electron chi connectivity index (χ1n) is 9.76. The van der Waals surface area contributed by atoms with Gasteiger partial charge in [-0.25, -0.2) is 4.98 Å². The van der Waals surface area contributed by atoms with Crippen LogP contribution >= 0.6 is 34.5 Å². The standard InChI is InChI=1S/C25H16Cl2N2O2S/c1-31-22-11-15-7-3-2-6-14(15)10-17(22)24(30)28-21-12-16(18(26)13-19(21)27)25-29-20-8-4-5-9-23(20)32-25/h2-13H,1H3,(H,28,30). The number of ether oxygens (including phenoxy) is 1. The molecule has 32 heavy (non-hydrogen) atoms. The molecular weight excluding hydrogens is 463 g/mol. The largest absolute Gasteiger partial charge is 0.496 e. The number of amides is 1. The highest BCUT2D eigenvalue weighted by atomic mass is 35.5. The van der Waals surface area contributed by atoms with Crippen molar-refractivity contribution >= 4 is 67.1 Å². The first-order chi connectivity index (χ1) is 15.5. The molecular formula is C25H16Cl2N2O2S. The number of para-hydroxylation sites is 1. The summed E-state index contributed by atoms with van der Waals surface area (Å²) in [5, 5.41) is 6.40. The maximum atomic E-state index is 13.2. The highest BCUT2D eigenvalue weighted by molar-refractivity contribution is 7.21. The normalized spacial score (nSPS) is 11.1. The number of fused-ring (bicyclic) bond motifs is 2. The summed E-state index contributed by atoms with van der Waals surface area (Å²) in [6.45, 7) is 0. The van der Waals surface area contributed by atoms with E-state index in [-0.39, 0.29) is 5.91 Å². The summed E-state index contributed by atoms with van der Waals surface area (Å²) >= 11 is 14.4. The molecule has 0 fully saturated rings. The fourth-order valence-electron chi connectivity index (χ4n) is 3.55. The van der Waals surface area contributed by atoms with Crippen LogP contribution in [-0.4, -0.2) is 18.0 Å². The van der Waals surface area contributed by atoms with Crippen LogP contribution in [0.15, 0.2) is 72.8 Å². The molecule has 1 heterocycles. The van der Waals surface area contributed by atoms with E-state index in [2.05, 4.69) is 10.3 Å². The lowest BCUT2D eigenvalue weighted by Gasteiger charge is -2.13. The van der Waals surface area contributed by atoms with Crippen molar-refractivity contribution < 1.29 is 9.53 Å². The molecule has 0 radical (unpaired) electrons. The summed E-state index contributed by atoms with van der Waals surface area (Å²) in [5.74, 6) is 0.157. The van der Waals surface area contributed by atoms with Crippen LogP contribution in [-0.2, 0) is 0 Å². The number of rotatable bonds is 4. The third kappa shape index (κ3) is 3.79. The van der Waals surface area contributed by atoms with E-state index in [0.29, 0.717) is 32.6 Å². The van der Waals surface area contributed by atoms with Gasteiger partial charge in [0, 0.05) is 5.56 Å². The van der Waals surface area contributed by atoms with Gasteiger partial charge in [0.2, 0.25) is 0 Å². The Morgan fingerprint density at radius 1 is 0.938 bits per heavy atom. The molecule has 7 heteroatoms. The zero-order chi connectivity index (χ0) is 22.2. The highest BCUT2D eigenvalue weighted by Crippen LogP contribution is 2.39. The topological polar surface area (TPSA) is 51.2 Å². The molecule has 0 saturated heterocycles. The number of carbonyl (C=O) groups excluding carboxylic acids is 1. The number of anilines is 1. The number of methoxy groups -OCH3 is 1. The van der Waals surface area contributed by atoms with Crippen molar-refractivity contribution in [2.75, 3.05) is 12.4 Å². The van der Waals surface area contributed by atoms with Crippen LogP contribution < -0.4 is 10.1 Å². The van der Waals surface area contributed by atoms with Crippen LogP contribution in [0.3, 0.4) is 0 Å². The van der Waals surface area contributed by atoms with Gasteiger partial charge in [-0.2, -0.15) is 0 Å². The number of hydrogen-bond acceptors (Lipinski definition) is 4. The quantitative estimate of drug-likeness (QED) is 0.288. The van der Waals surface area contributed by atoms with Gasteiger partial charge in [-0.1, -0.05) is 59.6 Å². The lowest BCUT2D eigenvalue weighted by Crippen LogP contribution is -2.13. The second-order valence-electron chi connectivity index (χ2n) is 7.15. The van der Waals surface area contributed by atoms with Crippen molar-refractivity contribution in [1.29, 1.82) is 0 Å². The Kier molecular flexibility index (Phi) is 5.47. The van der Waals surface area contributed by atoms with E-state index < -0.39 is 0 Å². The number of aromatic nitrogens is 1. The molecule has 0 atom stereocenters. The average molecular weight is 479 g/mol. The highest BCUT2D eigenvalue weighted by Gasteiger charge is 2.18. The predicted molar refractivity (Wildman–Crippen MR) is 134 cm³/mol. The van der Waals surface area contributed by atoms with E-state index in [1.54, 1.807) is 19.2 Å². The van der Waals surface area contributed by atoms with Crippen molar-refractivity contribution in [3.63, 3.8) is 0 Å². The van der Waals surface area contributed by atoms with Crippen molar-refractivity contribution in [3.8, 4) is 16.3 Å². The van der Waals surface area contributed by atoms with Gasteiger partial charge < -0.3 is 10.1 Å². The summed E-state index contributed by atoms with van der Waals surface area (Å²) in [4.78, 5) is 17.8. The van der Waals surface area contributed by atoms with E-state index in [1.807, 2.05) is 60.7 Å². The first-order valence-corrected chi connectivity index (χ1v) is 11.3. The molecule has 5 aromatic rings. The SMILES string of the molecule is COc1cc2ccccc2cc1C(=O)Nc1cc(-c2nc3ccccc3s2)c(Cl)cc1Cl. The molecule has 1 amide bonds. The Morgan fingerprint density at radius 3 is 2.41 bits per heavy atom. The maximum Gasteiger partial charge on any atom is 0.259 e. The molecule has 0 aliphatic heterocycles. The Labute approximate surface area is 198 Å². The van der Waals surface area contributed by atoms with Crippen LogP contribution in [0.4, 0.5) is 5.69 Å². The first kappa shape index (κ1) is 20.8. The fourth-order valence-corrected chi connectivity index (χ4v) is 5.12. The van der Waals surface area contributed by atoms with Gasteiger partial charge in [-0.15, -0.1) is 11.3 Å². The molecule has 0 unspecified atom stereocenters. The average Bonchev–Trinajstić information content (AvgIpc) is 3.23. The summed E-state index contributed by atoms with van der Waals surface area (Å²) < 4.78 is 6.52. The fraction of sp³-hybridized carbons (Fsp3) is 0.0400. The van der Waals surface area contributed by atoms with Crippen molar-refractivity contribution in [3.05, 3.63) is 88.4 Å². The van der Waals surface area contributed by atoms with Gasteiger partial charge in [0.1, 0.15) is 10.8 Å². The second-order valence-corrected chi connectivity index (χ2v) is 9.00.